The fourth-order valence-electron chi connectivity index (χ4n) is 3.52. The molecule has 0 saturated carbocycles. The molecular formula is C19H20FNO4S. The lowest BCUT2D eigenvalue weighted by Crippen LogP contribution is -2.38. The topological polar surface area (TPSA) is 55.8 Å². The van der Waals surface area contributed by atoms with Gasteiger partial charge in [0.1, 0.15) is 5.82 Å². The minimum atomic E-state index is -3.70. The SMILES string of the molecule is C[C@@H]1c2cc3c(cc2CCN1S(=O)(=O)c1ccc(F)cc1)OCCCO3. The zero-order chi connectivity index (χ0) is 18.3. The van der Waals surface area contributed by atoms with E-state index in [0.717, 1.165) is 23.3 Å². The van der Waals surface area contributed by atoms with Crippen LogP contribution in [0.3, 0.4) is 0 Å². The van der Waals surface area contributed by atoms with Crippen molar-refractivity contribution in [2.45, 2.75) is 30.7 Å². The predicted octanol–water partition coefficient (Wildman–Crippen LogP) is 3.30. The molecule has 2 aromatic carbocycles. The van der Waals surface area contributed by atoms with Gasteiger partial charge in [-0.25, -0.2) is 12.8 Å². The zero-order valence-electron chi connectivity index (χ0n) is 14.4. The molecule has 4 rings (SSSR count). The van der Waals surface area contributed by atoms with Crippen LogP contribution in [0.25, 0.3) is 0 Å². The summed E-state index contributed by atoms with van der Waals surface area (Å²) in [5, 5.41) is 0. The van der Waals surface area contributed by atoms with E-state index in [1.54, 1.807) is 0 Å². The summed E-state index contributed by atoms with van der Waals surface area (Å²) in [5.41, 5.74) is 2.00. The lowest BCUT2D eigenvalue weighted by atomic mass is 9.94. The molecule has 2 aliphatic heterocycles. The summed E-state index contributed by atoms with van der Waals surface area (Å²) >= 11 is 0. The van der Waals surface area contributed by atoms with Crippen LogP contribution in [0.5, 0.6) is 11.5 Å². The highest BCUT2D eigenvalue weighted by atomic mass is 32.2. The summed E-state index contributed by atoms with van der Waals surface area (Å²) in [6.07, 6.45) is 1.41. The van der Waals surface area contributed by atoms with Gasteiger partial charge < -0.3 is 9.47 Å². The maximum Gasteiger partial charge on any atom is 0.243 e. The van der Waals surface area contributed by atoms with Gasteiger partial charge in [0.05, 0.1) is 18.1 Å². The number of hydrogen-bond donors (Lipinski definition) is 0. The van der Waals surface area contributed by atoms with E-state index in [4.69, 9.17) is 9.47 Å². The van der Waals surface area contributed by atoms with E-state index in [1.807, 2.05) is 19.1 Å². The van der Waals surface area contributed by atoms with E-state index in [1.165, 1.54) is 28.6 Å². The molecule has 0 amide bonds. The highest BCUT2D eigenvalue weighted by molar-refractivity contribution is 7.89. The molecule has 2 aliphatic rings. The number of ether oxygens (including phenoxy) is 2. The minimum Gasteiger partial charge on any atom is -0.490 e. The lowest BCUT2D eigenvalue weighted by molar-refractivity contribution is 0.296. The lowest BCUT2D eigenvalue weighted by Gasteiger charge is -2.34. The molecule has 0 radical (unpaired) electrons. The normalized spacial score (nSPS) is 20.3. The maximum atomic E-state index is 13.2. The van der Waals surface area contributed by atoms with Crippen molar-refractivity contribution in [3.8, 4) is 11.5 Å². The van der Waals surface area contributed by atoms with Crippen molar-refractivity contribution in [1.29, 1.82) is 0 Å². The molecule has 0 fully saturated rings. The highest BCUT2D eigenvalue weighted by Crippen LogP contribution is 2.40. The number of sulfonamides is 1. The Bertz CT molecular complexity index is 927. The van der Waals surface area contributed by atoms with Crippen molar-refractivity contribution in [1.82, 2.24) is 4.31 Å². The molecule has 1 atom stereocenters. The number of fused-ring (bicyclic) bond motifs is 2. The van der Waals surface area contributed by atoms with Gasteiger partial charge in [-0.2, -0.15) is 4.31 Å². The van der Waals surface area contributed by atoms with E-state index >= 15 is 0 Å². The largest absolute Gasteiger partial charge is 0.490 e. The Hall–Kier alpha value is -2.12. The number of halogens is 1. The van der Waals surface area contributed by atoms with Crippen LogP contribution in [0.2, 0.25) is 0 Å². The monoisotopic (exact) mass is 377 g/mol. The zero-order valence-corrected chi connectivity index (χ0v) is 15.3. The van der Waals surface area contributed by atoms with Crippen molar-refractivity contribution in [3.05, 3.63) is 53.3 Å². The molecule has 26 heavy (non-hydrogen) atoms. The summed E-state index contributed by atoms with van der Waals surface area (Å²) in [6, 6.07) is 8.47. The first-order chi connectivity index (χ1) is 12.5. The van der Waals surface area contributed by atoms with Gasteiger partial charge in [0.15, 0.2) is 11.5 Å². The van der Waals surface area contributed by atoms with Crippen LogP contribution in [0, 0.1) is 5.82 Å². The molecule has 7 heteroatoms. The van der Waals surface area contributed by atoms with Crippen LogP contribution < -0.4 is 9.47 Å². The fourth-order valence-corrected chi connectivity index (χ4v) is 5.13. The predicted molar refractivity (Wildman–Crippen MR) is 94.5 cm³/mol. The van der Waals surface area contributed by atoms with Crippen LogP contribution in [0.4, 0.5) is 4.39 Å². The minimum absolute atomic E-state index is 0.101. The first-order valence-electron chi connectivity index (χ1n) is 8.66. The highest BCUT2D eigenvalue weighted by Gasteiger charge is 2.35. The van der Waals surface area contributed by atoms with Crippen LogP contribution in [-0.2, 0) is 16.4 Å². The van der Waals surface area contributed by atoms with Gasteiger partial charge in [-0.15, -0.1) is 0 Å². The second-order valence-corrected chi connectivity index (χ2v) is 8.43. The van der Waals surface area contributed by atoms with Crippen LogP contribution in [0.1, 0.15) is 30.5 Å². The van der Waals surface area contributed by atoms with Crippen molar-refractivity contribution >= 4 is 10.0 Å². The molecule has 0 unspecified atom stereocenters. The Morgan fingerprint density at radius 1 is 1.08 bits per heavy atom. The van der Waals surface area contributed by atoms with E-state index in [-0.39, 0.29) is 10.9 Å². The molecule has 2 aromatic rings. The van der Waals surface area contributed by atoms with Gasteiger partial charge in [0.2, 0.25) is 10.0 Å². The van der Waals surface area contributed by atoms with Crippen molar-refractivity contribution < 1.29 is 22.3 Å². The number of hydrogen-bond acceptors (Lipinski definition) is 4. The van der Waals surface area contributed by atoms with Gasteiger partial charge >= 0.3 is 0 Å². The van der Waals surface area contributed by atoms with Gasteiger partial charge in [-0.3, -0.25) is 0 Å². The maximum absolute atomic E-state index is 13.2. The van der Waals surface area contributed by atoms with E-state index in [2.05, 4.69) is 0 Å². The molecular weight excluding hydrogens is 357 g/mol. The Morgan fingerprint density at radius 3 is 2.42 bits per heavy atom. The number of benzene rings is 2. The molecule has 0 spiro atoms. The average Bonchev–Trinajstić information content (AvgIpc) is 2.85. The molecule has 0 aliphatic carbocycles. The molecule has 2 heterocycles. The van der Waals surface area contributed by atoms with E-state index < -0.39 is 15.8 Å². The third-order valence-electron chi connectivity index (χ3n) is 4.91. The average molecular weight is 377 g/mol. The Balaban J connectivity index is 1.70. The van der Waals surface area contributed by atoms with Crippen LogP contribution in [0.15, 0.2) is 41.3 Å². The Kier molecular flexibility index (Phi) is 4.36. The van der Waals surface area contributed by atoms with Gasteiger partial charge in [0, 0.05) is 19.0 Å². The summed E-state index contributed by atoms with van der Waals surface area (Å²) in [5.74, 6) is 0.929. The number of nitrogens with zero attached hydrogens (tertiary/aromatic N) is 1. The standard InChI is InChI=1S/C19H20FNO4S/c1-13-17-12-19-18(24-9-2-10-25-19)11-14(17)7-8-21(13)26(22,23)16-5-3-15(20)4-6-16/h3-6,11-13H,2,7-10H2,1H3/t13-/m1/s1. The first-order valence-corrected chi connectivity index (χ1v) is 10.1. The summed E-state index contributed by atoms with van der Waals surface area (Å²) in [4.78, 5) is 0.101. The fraction of sp³-hybridized carbons (Fsp3) is 0.368. The molecule has 0 aromatic heterocycles. The number of rotatable bonds is 2. The smallest absolute Gasteiger partial charge is 0.243 e. The third-order valence-corrected chi connectivity index (χ3v) is 6.90. The summed E-state index contributed by atoms with van der Waals surface area (Å²) in [7, 11) is -3.70. The Labute approximate surface area is 152 Å². The molecule has 5 nitrogen and oxygen atoms in total. The van der Waals surface area contributed by atoms with Crippen LogP contribution >= 0.6 is 0 Å². The molecule has 0 bridgehead atoms. The van der Waals surface area contributed by atoms with Crippen LogP contribution in [-0.4, -0.2) is 32.5 Å². The molecule has 138 valence electrons. The van der Waals surface area contributed by atoms with E-state index in [0.29, 0.717) is 31.9 Å². The van der Waals surface area contributed by atoms with E-state index in [9.17, 15) is 12.8 Å². The quantitative estimate of drug-likeness (QED) is 0.806. The van der Waals surface area contributed by atoms with Crippen molar-refractivity contribution in [2.24, 2.45) is 0 Å². The van der Waals surface area contributed by atoms with Gasteiger partial charge in [-0.05, 0) is 60.9 Å². The second-order valence-electron chi connectivity index (χ2n) is 6.54. The van der Waals surface area contributed by atoms with Gasteiger partial charge in [-0.1, -0.05) is 0 Å². The van der Waals surface area contributed by atoms with Crippen molar-refractivity contribution in [3.63, 3.8) is 0 Å². The molecule has 0 N–H and O–H groups in total. The van der Waals surface area contributed by atoms with Crippen molar-refractivity contribution in [2.75, 3.05) is 19.8 Å². The second kappa shape index (κ2) is 6.55. The summed E-state index contributed by atoms with van der Waals surface area (Å²) in [6.45, 7) is 3.43. The first kappa shape index (κ1) is 17.3. The molecule has 0 saturated heterocycles. The van der Waals surface area contributed by atoms with Gasteiger partial charge in [0.25, 0.3) is 0 Å². The Morgan fingerprint density at radius 2 is 1.73 bits per heavy atom. The summed E-state index contributed by atoms with van der Waals surface area (Å²) < 4.78 is 52.1. The third kappa shape index (κ3) is 2.95.